The fraction of sp³-hybridized carbons (Fsp3) is 0.192. The van der Waals surface area contributed by atoms with Crippen LogP contribution in [-0.2, 0) is 22.1 Å². The average molecular weight is 496 g/mol. The average Bonchev–Trinajstić information content (AvgIpc) is 2.77. The molecule has 0 saturated carbocycles. The lowest BCUT2D eigenvalue weighted by Crippen LogP contribution is -2.10. The first-order valence-corrected chi connectivity index (χ1v) is 13.1. The number of anilines is 2. The second kappa shape index (κ2) is 9.62. The minimum absolute atomic E-state index is 0.0170. The molecule has 0 bridgehead atoms. The molecule has 176 valence electrons. The Bertz CT molecular complexity index is 1450. The van der Waals surface area contributed by atoms with Crippen LogP contribution in [-0.4, -0.2) is 43.8 Å². The molecule has 3 aromatic carbocycles. The van der Waals surface area contributed by atoms with Crippen molar-refractivity contribution in [1.82, 2.24) is 9.88 Å². The quantitative estimate of drug-likeness (QED) is 0.346. The lowest BCUT2D eigenvalue weighted by atomic mass is 10.0. The van der Waals surface area contributed by atoms with Gasteiger partial charge in [-0.15, -0.1) is 0 Å². The maximum atomic E-state index is 12.1. The zero-order valence-corrected chi connectivity index (χ0v) is 20.8. The van der Waals surface area contributed by atoms with Crippen molar-refractivity contribution in [2.45, 2.75) is 12.3 Å². The highest BCUT2D eigenvalue weighted by atomic mass is 35.5. The van der Waals surface area contributed by atoms with Crippen molar-refractivity contribution in [3.8, 4) is 16.9 Å². The Kier molecular flexibility index (Phi) is 6.79. The van der Waals surface area contributed by atoms with Gasteiger partial charge >= 0.3 is 0 Å². The number of nitrogens with zero attached hydrogens (tertiary/aromatic N) is 2. The molecule has 0 saturated heterocycles. The van der Waals surface area contributed by atoms with E-state index in [9.17, 15) is 13.5 Å². The normalized spacial score (nSPS) is 11.8. The molecule has 0 radical (unpaired) electrons. The van der Waals surface area contributed by atoms with Gasteiger partial charge in [-0.1, -0.05) is 35.9 Å². The number of pyridine rings is 1. The van der Waals surface area contributed by atoms with E-state index in [1.165, 1.54) is 11.8 Å². The standard InChI is InChI=1S/C26H26ClN3O3S/c1-30(2)15-17-4-8-21(9-5-17)29-26-20(16-34(3,32)33)14-28-24-10-6-18(12-22(24)26)19-7-11-25(31)23(27)13-19/h4-14,31H,15-16H2,1-3H3,(H,28,29). The largest absolute Gasteiger partial charge is 0.506 e. The fourth-order valence-corrected chi connectivity index (χ4v) is 4.81. The van der Waals surface area contributed by atoms with E-state index in [4.69, 9.17) is 11.6 Å². The lowest BCUT2D eigenvalue weighted by Gasteiger charge is -2.16. The Labute approximate surface area is 204 Å². The van der Waals surface area contributed by atoms with Crippen LogP contribution in [0.5, 0.6) is 5.75 Å². The monoisotopic (exact) mass is 495 g/mol. The molecule has 4 rings (SSSR count). The number of hydrogen-bond acceptors (Lipinski definition) is 6. The highest BCUT2D eigenvalue weighted by molar-refractivity contribution is 7.89. The van der Waals surface area contributed by atoms with Crippen LogP contribution in [0.1, 0.15) is 11.1 Å². The van der Waals surface area contributed by atoms with Gasteiger partial charge in [-0.05, 0) is 67.2 Å². The smallest absolute Gasteiger partial charge is 0.151 e. The molecule has 6 nitrogen and oxygen atoms in total. The second-order valence-electron chi connectivity index (χ2n) is 8.69. The molecule has 0 amide bonds. The predicted octanol–water partition coefficient (Wildman–Crippen LogP) is 5.61. The fourth-order valence-electron chi connectivity index (χ4n) is 3.84. The molecule has 8 heteroatoms. The first-order valence-electron chi connectivity index (χ1n) is 10.7. The maximum Gasteiger partial charge on any atom is 0.151 e. The molecular weight excluding hydrogens is 470 g/mol. The number of benzene rings is 3. The first kappa shape index (κ1) is 24.0. The molecule has 0 spiro atoms. The van der Waals surface area contributed by atoms with Gasteiger partial charge in [0.05, 0.1) is 22.0 Å². The lowest BCUT2D eigenvalue weighted by molar-refractivity contribution is 0.402. The van der Waals surface area contributed by atoms with Gasteiger partial charge in [0.25, 0.3) is 0 Å². The van der Waals surface area contributed by atoms with Crippen LogP contribution in [0.4, 0.5) is 11.4 Å². The zero-order valence-electron chi connectivity index (χ0n) is 19.2. The summed E-state index contributed by atoms with van der Waals surface area (Å²) in [5, 5.41) is 14.3. The minimum Gasteiger partial charge on any atom is -0.506 e. The third-order valence-electron chi connectivity index (χ3n) is 5.37. The van der Waals surface area contributed by atoms with E-state index >= 15 is 0 Å². The summed E-state index contributed by atoms with van der Waals surface area (Å²) >= 11 is 6.12. The maximum absolute atomic E-state index is 12.1. The van der Waals surface area contributed by atoms with E-state index in [0.717, 1.165) is 34.3 Å². The van der Waals surface area contributed by atoms with Crippen molar-refractivity contribution >= 4 is 43.7 Å². The summed E-state index contributed by atoms with van der Waals surface area (Å²) in [6, 6.07) is 18.9. The number of rotatable bonds is 7. The van der Waals surface area contributed by atoms with Crippen LogP contribution in [0.3, 0.4) is 0 Å². The van der Waals surface area contributed by atoms with Crippen molar-refractivity contribution in [3.05, 3.63) is 83.0 Å². The molecule has 1 aromatic heterocycles. The molecule has 0 aliphatic rings. The Hall–Kier alpha value is -3.13. The van der Waals surface area contributed by atoms with Gasteiger partial charge in [0.2, 0.25) is 0 Å². The molecule has 2 N–H and O–H groups in total. The molecule has 0 aliphatic carbocycles. The molecular formula is C26H26ClN3O3S. The number of phenols is 1. The summed E-state index contributed by atoms with van der Waals surface area (Å²) in [6.45, 7) is 0.830. The molecule has 0 atom stereocenters. The Morgan fingerprint density at radius 2 is 1.68 bits per heavy atom. The van der Waals surface area contributed by atoms with Crippen molar-refractivity contribution in [2.75, 3.05) is 25.7 Å². The van der Waals surface area contributed by atoms with Crippen LogP contribution in [0.25, 0.3) is 22.0 Å². The molecule has 0 unspecified atom stereocenters. The predicted molar refractivity (Wildman–Crippen MR) is 140 cm³/mol. The van der Waals surface area contributed by atoms with E-state index in [1.807, 2.05) is 56.6 Å². The highest BCUT2D eigenvalue weighted by Crippen LogP contribution is 2.35. The number of halogens is 1. The van der Waals surface area contributed by atoms with Gasteiger partial charge in [-0.25, -0.2) is 8.42 Å². The van der Waals surface area contributed by atoms with Gasteiger partial charge in [-0.3, -0.25) is 4.98 Å². The molecule has 0 aliphatic heterocycles. The summed E-state index contributed by atoms with van der Waals surface area (Å²) in [4.78, 5) is 6.60. The third-order valence-corrected chi connectivity index (χ3v) is 6.51. The topological polar surface area (TPSA) is 82.5 Å². The van der Waals surface area contributed by atoms with Gasteiger partial charge in [0.1, 0.15) is 5.75 Å². The van der Waals surface area contributed by atoms with E-state index in [-0.39, 0.29) is 16.5 Å². The number of phenolic OH excluding ortho intramolecular Hbond substituents is 1. The van der Waals surface area contributed by atoms with Gasteiger partial charge in [0.15, 0.2) is 9.84 Å². The summed E-state index contributed by atoms with van der Waals surface area (Å²) in [6.07, 6.45) is 2.83. The number of aromatic hydroxyl groups is 1. The van der Waals surface area contributed by atoms with Crippen LogP contribution < -0.4 is 5.32 Å². The Morgan fingerprint density at radius 1 is 1.00 bits per heavy atom. The van der Waals surface area contributed by atoms with E-state index in [0.29, 0.717) is 11.3 Å². The summed E-state index contributed by atoms with van der Waals surface area (Å²) < 4.78 is 24.3. The summed E-state index contributed by atoms with van der Waals surface area (Å²) in [5.74, 6) is -0.116. The first-order chi connectivity index (χ1) is 16.1. The van der Waals surface area contributed by atoms with Crippen molar-refractivity contribution in [3.63, 3.8) is 0 Å². The Morgan fingerprint density at radius 3 is 2.32 bits per heavy atom. The van der Waals surface area contributed by atoms with Crippen molar-refractivity contribution in [2.24, 2.45) is 0 Å². The SMILES string of the molecule is CN(C)Cc1ccc(Nc2c(CS(C)(=O)=O)cnc3ccc(-c4ccc(O)c(Cl)c4)cc23)cc1. The number of sulfone groups is 1. The van der Waals surface area contributed by atoms with Crippen LogP contribution in [0.15, 0.2) is 66.9 Å². The highest BCUT2D eigenvalue weighted by Gasteiger charge is 2.15. The van der Waals surface area contributed by atoms with E-state index in [1.54, 1.807) is 24.4 Å². The van der Waals surface area contributed by atoms with Gasteiger partial charge < -0.3 is 15.3 Å². The van der Waals surface area contributed by atoms with Crippen molar-refractivity contribution < 1.29 is 13.5 Å². The molecule has 1 heterocycles. The minimum atomic E-state index is -3.28. The van der Waals surface area contributed by atoms with E-state index in [2.05, 4.69) is 15.2 Å². The third kappa shape index (κ3) is 5.67. The van der Waals surface area contributed by atoms with Gasteiger partial charge in [0, 0.05) is 35.6 Å². The van der Waals surface area contributed by atoms with Crippen molar-refractivity contribution in [1.29, 1.82) is 0 Å². The second-order valence-corrected chi connectivity index (χ2v) is 11.2. The molecule has 0 fully saturated rings. The molecule has 34 heavy (non-hydrogen) atoms. The van der Waals surface area contributed by atoms with Gasteiger partial charge in [-0.2, -0.15) is 0 Å². The molecule has 4 aromatic rings. The van der Waals surface area contributed by atoms with E-state index < -0.39 is 9.84 Å². The zero-order chi connectivity index (χ0) is 24.5. The Balaban J connectivity index is 1.83. The van der Waals surface area contributed by atoms with Crippen LogP contribution in [0.2, 0.25) is 5.02 Å². The number of fused-ring (bicyclic) bond motifs is 1. The van der Waals surface area contributed by atoms with Crippen LogP contribution in [0, 0.1) is 0 Å². The number of nitrogens with one attached hydrogen (secondary N) is 1. The number of aromatic nitrogens is 1. The number of hydrogen-bond donors (Lipinski definition) is 2. The van der Waals surface area contributed by atoms with Crippen LogP contribution >= 0.6 is 11.6 Å². The summed E-state index contributed by atoms with van der Waals surface area (Å²) in [5.41, 5.74) is 5.75. The summed E-state index contributed by atoms with van der Waals surface area (Å²) in [7, 11) is 0.755.